The van der Waals surface area contributed by atoms with E-state index in [2.05, 4.69) is 41.9 Å². The Morgan fingerprint density at radius 1 is 1.37 bits per heavy atom. The summed E-state index contributed by atoms with van der Waals surface area (Å²) in [6.45, 7) is 5.11. The molecule has 0 unspecified atom stereocenters. The van der Waals surface area contributed by atoms with E-state index in [4.69, 9.17) is 4.74 Å². The highest BCUT2D eigenvalue weighted by molar-refractivity contribution is 5.90. The smallest absolute Gasteiger partial charge is 0.335 e. The van der Waals surface area contributed by atoms with E-state index >= 15 is 0 Å². The van der Waals surface area contributed by atoms with Crippen LogP contribution in [0.15, 0.2) is 30.0 Å². The van der Waals surface area contributed by atoms with Gasteiger partial charge >= 0.3 is 5.97 Å². The van der Waals surface area contributed by atoms with Crippen molar-refractivity contribution in [2.45, 2.75) is 38.8 Å². The standard InChI is InChI=1S/C22H26N2O3/c1-11-4-5-13-14-6-7-24-10-16(22(26)27-3)15-9-18(25)12(2)19(15)21(24)20(14)23-17(13)8-11/h4-5,8,10,12,15,18-19,21,23,25H,6-7,9H2,1-3H3/t12-,15+,18-,19+,21-/m0/s1. The van der Waals surface area contributed by atoms with Gasteiger partial charge in [-0.2, -0.15) is 0 Å². The van der Waals surface area contributed by atoms with Crippen LogP contribution in [0.1, 0.15) is 36.2 Å². The van der Waals surface area contributed by atoms with Gasteiger partial charge in [0, 0.05) is 35.3 Å². The molecule has 3 heterocycles. The zero-order chi connectivity index (χ0) is 18.9. The Morgan fingerprint density at radius 2 is 2.19 bits per heavy atom. The molecule has 5 heteroatoms. The molecule has 0 spiro atoms. The molecule has 2 aromatic rings. The SMILES string of the molecule is COC(=O)C1=CN2CCc3c([nH]c4cc(C)ccc34)[C@@H]2[C@@H]2[C@@H](C)[C@@H](O)C[C@H]12. The number of nitrogens with zero attached hydrogens (tertiary/aromatic N) is 1. The van der Waals surface area contributed by atoms with E-state index in [0.717, 1.165) is 18.5 Å². The number of hydrogen-bond acceptors (Lipinski definition) is 4. The Bertz CT molecular complexity index is 960. The van der Waals surface area contributed by atoms with Crippen molar-refractivity contribution >= 4 is 16.9 Å². The van der Waals surface area contributed by atoms with Crippen molar-refractivity contribution in [1.29, 1.82) is 0 Å². The van der Waals surface area contributed by atoms with E-state index in [9.17, 15) is 9.90 Å². The number of carbonyl (C=O) groups is 1. The molecule has 0 bridgehead atoms. The van der Waals surface area contributed by atoms with Gasteiger partial charge in [-0.25, -0.2) is 4.79 Å². The van der Waals surface area contributed by atoms with Crippen LogP contribution >= 0.6 is 0 Å². The maximum atomic E-state index is 12.4. The van der Waals surface area contributed by atoms with Gasteiger partial charge in [-0.05, 0) is 48.8 Å². The van der Waals surface area contributed by atoms with Gasteiger partial charge in [0.25, 0.3) is 0 Å². The van der Waals surface area contributed by atoms with Crippen molar-refractivity contribution in [2.24, 2.45) is 17.8 Å². The molecule has 1 aromatic carbocycles. The molecule has 5 nitrogen and oxygen atoms in total. The Labute approximate surface area is 159 Å². The lowest BCUT2D eigenvalue weighted by atomic mass is 9.74. The van der Waals surface area contributed by atoms with Crippen LogP contribution in [0.5, 0.6) is 0 Å². The molecule has 5 atom stereocenters. The van der Waals surface area contributed by atoms with E-state index in [1.165, 1.54) is 34.8 Å². The number of aliphatic hydroxyl groups excluding tert-OH is 1. The Morgan fingerprint density at radius 3 is 2.96 bits per heavy atom. The summed E-state index contributed by atoms with van der Waals surface area (Å²) in [7, 11) is 1.44. The lowest BCUT2D eigenvalue weighted by Crippen LogP contribution is -2.44. The van der Waals surface area contributed by atoms with Crippen molar-refractivity contribution in [3.63, 3.8) is 0 Å². The predicted octanol–water partition coefficient (Wildman–Crippen LogP) is 3.08. The molecule has 27 heavy (non-hydrogen) atoms. The molecule has 1 aliphatic carbocycles. The second-order valence-corrected chi connectivity index (χ2v) is 8.42. The number of carbonyl (C=O) groups excluding carboxylic acids is 1. The minimum atomic E-state index is -0.384. The third-order valence-corrected chi connectivity index (χ3v) is 7.03. The first-order valence-corrected chi connectivity index (χ1v) is 9.84. The number of esters is 1. The molecule has 2 N–H and O–H groups in total. The van der Waals surface area contributed by atoms with Gasteiger partial charge in [-0.1, -0.05) is 19.1 Å². The van der Waals surface area contributed by atoms with Gasteiger partial charge in [0.15, 0.2) is 0 Å². The highest BCUT2D eigenvalue weighted by Gasteiger charge is 2.53. The predicted molar refractivity (Wildman–Crippen MR) is 103 cm³/mol. The van der Waals surface area contributed by atoms with Gasteiger partial charge in [0.2, 0.25) is 0 Å². The third-order valence-electron chi connectivity index (χ3n) is 7.03. The van der Waals surface area contributed by atoms with Crippen LogP contribution < -0.4 is 0 Å². The monoisotopic (exact) mass is 366 g/mol. The lowest BCUT2D eigenvalue weighted by Gasteiger charge is -2.46. The fourth-order valence-corrected chi connectivity index (χ4v) is 5.71. The Hall–Kier alpha value is -2.27. The largest absolute Gasteiger partial charge is 0.466 e. The van der Waals surface area contributed by atoms with E-state index in [1.807, 2.05) is 6.20 Å². The van der Waals surface area contributed by atoms with Crippen molar-refractivity contribution in [2.75, 3.05) is 13.7 Å². The number of rotatable bonds is 1. The normalized spacial score (nSPS) is 31.9. The number of fused-ring (bicyclic) bond motifs is 7. The fourth-order valence-electron chi connectivity index (χ4n) is 5.71. The summed E-state index contributed by atoms with van der Waals surface area (Å²) in [5.74, 6) is 0.118. The average Bonchev–Trinajstić information content (AvgIpc) is 3.17. The summed E-state index contributed by atoms with van der Waals surface area (Å²) >= 11 is 0. The van der Waals surface area contributed by atoms with Gasteiger partial charge < -0.3 is 19.7 Å². The quantitative estimate of drug-likeness (QED) is 0.762. The van der Waals surface area contributed by atoms with Crippen LogP contribution in [0.3, 0.4) is 0 Å². The topological polar surface area (TPSA) is 65.6 Å². The molecule has 142 valence electrons. The summed E-state index contributed by atoms with van der Waals surface area (Å²) in [6.07, 6.45) is 3.20. The molecule has 0 amide bonds. The zero-order valence-corrected chi connectivity index (χ0v) is 16.0. The highest BCUT2D eigenvalue weighted by Crippen LogP contribution is 2.54. The Kier molecular flexibility index (Phi) is 3.66. The number of aromatic nitrogens is 1. The fraction of sp³-hybridized carbons (Fsp3) is 0.500. The number of aromatic amines is 1. The van der Waals surface area contributed by atoms with Gasteiger partial charge in [-0.3, -0.25) is 0 Å². The third kappa shape index (κ3) is 2.30. The second-order valence-electron chi connectivity index (χ2n) is 8.42. The lowest BCUT2D eigenvalue weighted by molar-refractivity contribution is -0.137. The summed E-state index contributed by atoms with van der Waals surface area (Å²) in [4.78, 5) is 18.4. The summed E-state index contributed by atoms with van der Waals surface area (Å²) in [5.41, 5.74) is 5.81. The maximum absolute atomic E-state index is 12.4. The van der Waals surface area contributed by atoms with Gasteiger partial charge in [0.05, 0.1) is 24.8 Å². The summed E-state index contributed by atoms with van der Waals surface area (Å²) in [5, 5.41) is 11.9. The first-order chi connectivity index (χ1) is 13.0. The molecule has 2 aliphatic heterocycles. The summed E-state index contributed by atoms with van der Waals surface area (Å²) < 4.78 is 5.06. The number of H-pyrrole nitrogens is 1. The molecule has 0 radical (unpaired) electrons. The maximum Gasteiger partial charge on any atom is 0.335 e. The highest BCUT2D eigenvalue weighted by atomic mass is 16.5. The molecular formula is C22H26N2O3. The van der Waals surface area contributed by atoms with Crippen LogP contribution in [-0.4, -0.2) is 40.7 Å². The molecule has 1 fully saturated rings. The van der Waals surface area contributed by atoms with Crippen molar-refractivity contribution in [1.82, 2.24) is 9.88 Å². The van der Waals surface area contributed by atoms with Crippen LogP contribution in [0, 0.1) is 24.7 Å². The molecule has 0 saturated heterocycles. The minimum Gasteiger partial charge on any atom is -0.466 e. The van der Waals surface area contributed by atoms with Crippen LogP contribution in [-0.2, 0) is 16.0 Å². The summed E-state index contributed by atoms with van der Waals surface area (Å²) in [6, 6.07) is 6.77. The van der Waals surface area contributed by atoms with Crippen LogP contribution in [0.25, 0.3) is 10.9 Å². The molecule has 5 rings (SSSR count). The number of aliphatic hydroxyl groups is 1. The number of aryl methyl sites for hydroxylation is 1. The van der Waals surface area contributed by atoms with Crippen molar-refractivity contribution < 1.29 is 14.6 Å². The van der Waals surface area contributed by atoms with E-state index < -0.39 is 0 Å². The molecule has 1 saturated carbocycles. The van der Waals surface area contributed by atoms with Gasteiger partial charge in [-0.15, -0.1) is 0 Å². The number of nitrogens with one attached hydrogen (secondary N) is 1. The molecular weight excluding hydrogens is 340 g/mol. The van der Waals surface area contributed by atoms with E-state index in [-0.39, 0.29) is 35.9 Å². The zero-order valence-electron chi connectivity index (χ0n) is 16.0. The molecule has 1 aromatic heterocycles. The van der Waals surface area contributed by atoms with E-state index in [1.54, 1.807) is 0 Å². The van der Waals surface area contributed by atoms with Crippen LogP contribution in [0.2, 0.25) is 0 Å². The van der Waals surface area contributed by atoms with Crippen molar-refractivity contribution in [3.8, 4) is 0 Å². The number of ether oxygens (including phenoxy) is 1. The Balaban J connectivity index is 1.68. The van der Waals surface area contributed by atoms with Crippen molar-refractivity contribution in [3.05, 3.63) is 46.8 Å². The first kappa shape index (κ1) is 16.9. The average molecular weight is 366 g/mol. The van der Waals surface area contributed by atoms with Gasteiger partial charge in [0.1, 0.15) is 0 Å². The first-order valence-electron chi connectivity index (χ1n) is 9.84. The van der Waals surface area contributed by atoms with Crippen LogP contribution in [0.4, 0.5) is 0 Å². The number of methoxy groups -OCH3 is 1. The number of benzene rings is 1. The minimum absolute atomic E-state index is 0.0443. The number of hydrogen-bond donors (Lipinski definition) is 2. The van der Waals surface area contributed by atoms with E-state index in [0.29, 0.717) is 6.42 Å². The second kappa shape index (κ2) is 5.86. The molecule has 3 aliphatic rings.